The second kappa shape index (κ2) is 12.2. The molecule has 178 valence electrons. The molecule has 0 saturated heterocycles. The van der Waals surface area contributed by atoms with Gasteiger partial charge in [-0.15, -0.1) is 0 Å². The number of amides is 2. The molecule has 0 unspecified atom stereocenters. The van der Waals surface area contributed by atoms with Crippen molar-refractivity contribution in [2.75, 3.05) is 6.61 Å². The molecule has 0 heterocycles. The SMILES string of the molecule is CCc1ccc(OCC(=O)N(Cc2ccccc2C)[C@@H](C)C(=O)NC2CCCCC2)c(Br)c1. The largest absolute Gasteiger partial charge is 0.483 e. The van der Waals surface area contributed by atoms with Gasteiger partial charge in [-0.25, -0.2) is 0 Å². The van der Waals surface area contributed by atoms with E-state index >= 15 is 0 Å². The molecule has 3 rings (SSSR count). The Hall–Kier alpha value is -2.34. The number of rotatable bonds is 9. The number of aryl methyl sites for hydroxylation is 2. The molecule has 33 heavy (non-hydrogen) atoms. The lowest BCUT2D eigenvalue weighted by atomic mass is 9.95. The van der Waals surface area contributed by atoms with Gasteiger partial charge in [0.25, 0.3) is 5.91 Å². The van der Waals surface area contributed by atoms with Gasteiger partial charge in [0, 0.05) is 12.6 Å². The van der Waals surface area contributed by atoms with Gasteiger partial charge in [-0.05, 0) is 77.9 Å². The highest BCUT2D eigenvalue weighted by Crippen LogP contribution is 2.26. The van der Waals surface area contributed by atoms with Gasteiger partial charge in [-0.3, -0.25) is 9.59 Å². The molecule has 1 saturated carbocycles. The minimum Gasteiger partial charge on any atom is -0.483 e. The van der Waals surface area contributed by atoms with E-state index in [1.165, 1.54) is 12.0 Å². The van der Waals surface area contributed by atoms with Crippen molar-refractivity contribution in [3.8, 4) is 5.75 Å². The van der Waals surface area contributed by atoms with E-state index in [-0.39, 0.29) is 24.5 Å². The van der Waals surface area contributed by atoms with Crippen molar-refractivity contribution in [2.45, 2.75) is 77.9 Å². The molecule has 0 bridgehead atoms. The van der Waals surface area contributed by atoms with E-state index in [1.54, 1.807) is 11.8 Å². The highest BCUT2D eigenvalue weighted by molar-refractivity contribution is 9.10. The van der Waals surface area contributed by atoms with Crippen molar-refractivity contribution < 1.29 is 14.3 Å². The molecule has 2 aromatic rings. The number of nitrogens with one attached hydrogen (secondary N) is 1. The maximum absolute atomic E-state index is 13.3. The van der Waals surface area contributed by atoms with Crippen LogP contribution in [-0.2, 0) is 22.6 Å². The lowest BCUT2D eigenvalue weighted by molar-refractivity contribution is -0.142. The first-order chi connectivity index (χ1) is 15.9. The standard InChI is InChI=1S/C27H35BrN2O3/c1-4-21-14-15-25(24(28)16-21)33-18-26(31)30(17-22-11-9-8-10-19(22)2)20(3)27(32)29-23-12-6-5-7-13-23/h8-11,14-16,20,23H,4-7,12-13,17-18H2,1-3H3,(H,29,32)/t20-/m0/s1. The molecular weight excluding hydrogens is 480 g/mol. The van der Waals surface area contributed by atoms with Gasteiger partial charge in [-0.2, -0.15) is 0 Å². The third kappa shape index (κ3) is 7.07. The van der Waals surface area contributed by atoms with Crippen LogP contribution < -0.4 is 10.1 Å². The Balaban J connectivity index is 1.73. The fraction of sp³-hybridized carbons (Fsp3) is 0.481. The molecule has 2 aromatic carbocycles. The normalized spacial score (nSPS) is 15.0. The molecule has 0 aliphatic heterocycles. The zero-order valence-electron chi connectivity index (χ0n) is 19.9. The summed E-state index contributed by atoms with van der Waals surface area (Å²) < 4.78 is 6.68. The van der Waals surface area contributed by atoms with E-state index in [0.29, 0.717) is 12.3 Å². The molecule has 2 amide bonds. The summed E-state index contributed by atoms with van der Waals surface area (Å²) in [6, 6.07) is 13.4. The predicted molar refractivity (Wildman–Crippen MR) is 135 cm³/mol. The van der Waals surface area contributed by atoms with Crippen LogP contribution in [0.25, 0.3) is 0 Å². The van der Waals surface area contributed by atoms with E-state index in [4.69, 9.17) is 4.74 Å². The van der Waals surface area contributed by atoms with Gasteiger partial charge in [0.15, 0.2) is 6.61 Å². The Labute approximate surface area is 206 Å². The summed E-state index contributed by atoms with van der Waals surface area (Å²) >= 11 is 3.53. The van der Waals surface area contributed by atoms with Crippen LogP contribution in [0.15, 0.2) is 46.9 Å². The summed E-state index contributed by atoms with van der Waals surface area (Å²) in [7, 11) is 0. The predicted octanol–water partition coefficient (Wildman–Crippen LogP) is 5.56. The topological polar surface area (TPSA) is 58.6 Å². The maximum atomic E-state index is 13.3. The molecule has 1 N–H and O–H groups in total. The minimum atomic E-state index is -0.589. The highest BCUT2D eigenvalue weighted by Gasteiger charge is 2.28. The molecule has 0 radical (unpaired) electrons. The van der Waals surface area contributed by atoms with Gasteiger partial charge in [0.1, 0.15) is 11.8 Å². The van der Waals surface area contributed by atoms with Crippen LogP contribution in [0, 0.1) is 6.92 Å². The van der Waals surface area contributed by atoms with E-state index in [1.807, 2.05) is 49.4 Å². The second-order valence-electron chi connectivity index (χ2n) is 8.87. The Morgan fingerprint density at radius 2 is 1.88 bits per heavy atom. The maximum Gasteiger partial charge on any atom is 0.261 e. The van der Waals surface area contributed by atoms with Gasteiger partial charge >= 0.3 is 0 Å². The van der Waals surface area contributed by atoms with Crippen LogP contribution in [-0.4, -0.2) is 35.4 Å². The van der Waals surface area contributed by atoms with Gasteiger partial charge in [0.05, 0.1) is 4.47 Å². The van der Waals surface area contributed by atoms with Crippen molar-refractivity contribution >= 4 is 27.7 Å². The Morgan fingerprint density at radius 3 is 2.55 bits per heavy atom. The Bertz CT molecular complexity index is 956. The van der Waals surface area contributed by atoms with Crippen LogP contribution in [0.3, 0.4) is 0 Å². The number of ether oxygens (including phenoxy) is 1. The first-order valence-corrected chi connectivity index (χ1v) is 12.7. The van der Waals surface area contributed by atoms with Crippen LogP contribution in [0.1, 0.15) is 62.6 Å². The monoisotopic (exact) mass is 514 g/mol. The van der Waals surface area contributed by atoms with Crippen molar-refractivity contribution in [3.63, 3.8) is 0 Å². The number of hydrogen-bond acceptors (Lipinski definition) is 3. The molecule has 1 aliphatic rings. The van der Waals surface area contributed by atoms with Gasteiger partial charge in [-0.1, -0.05) is 56.5 Å². The number of benzene rings is 2. The summed E-state index contributed by atoms with van der Waals surface area (Å²) in [5.41, 5.74) is 3.31. The third-order valence-corrected chi connectivity index (χ3v) is 7.10. The number of halogens is 1. The highest BCUT2D eigenvalue weighted by atomic mass is 79.9. The van der Waals surface area contributed by atoms with Crippen LogP contribution >= 0.6 is 15.9 Å². The summed E-state index contributed by atoms with van der Waals surface area (Å²) in [5, 5.41) is 3.17. The van der Waals surface area contributed by atoms with Crippen molar-refractivity contribution in [1.29, 1.82) is 0 Å². The molecule has 5 nitrogen and oxygen atoms in total. The summed E-state index contributed by atoms with van der Waals surface area (Å²) in [4.78, 5) is 28.0. The van der Waals surface area contributed by atoms with Gasteiger partial charge in [0.2, 0.25) is 5.91 Å². The van der Waals surface area contributed by atoms with Crippen molar-refractivity contribution in [1.82, 2.24) is 10.2 Å². The smallest absolute Gasteiger partial charge is 0.261 e. The zero-order chi connectivity index (χ0) is 23.8. The quantitative estimate of drug-likeness (QED) is 0.476. The molecule has 0 aromatic heterocycles. The molecular formula is C27H35BrN2O3. The number of carbonyl (C=O) groups is 2. The molecule has 0 spiro atoms. The van der Waals surface area contributed by atoms with Crippen molar-refractivity contribution in [3.05, 3.63) is 63.6 Å². The van der Waals surface area contributed by atoms with Gasteiger partial charge < -0.3 is 15.0 Å². The number of nitrogens with zero attached hydrogens (tertiary/aromatic N) is 1. The summed E-state index contributed by atoms with van der Waals surface area (Å²) in [5.74, 6) is 0.309. The van der Waals surface area contributed by atoms with E-state index in [0.717, 1.165) is 47.7 Å². The van der Waals surface area contributed by atoms with E-state index in [9.17, 15) is 9.59 Å². The van der Waals surface area contributed by atoms with Crippen LogP contribution in [0.4, 0.5) is 0 Å². The number of carbonyl (C=O) groups excluding carboxylic acids is 2. The molecule has 1 fully saturated rings. The molecule has 1 aliphatic carbocycles. The van der Waals surface area contributed by atoms with Crippen LogP contribution in [0.2, 0.25) is 0 Å². The van der Waals surface area contributed by atoms with E-state index < -0.39 is 6.04 Å². The average Bonchev–Trinajstić information content (AvgIpc) is 2.82. The first kappa shape index (κ1) is 25.3. The van der Waals surface area contributed by atoms with Crippen LogP contribution in [0.5, 0.6) is 5.75 Å². The average molecular weight is 515 g/mol. The first-order valence-electron chi connectivity index (χ1n) is 11.9. The fourth-order valence-electron chi connectivity index (χ4n) is 4.23. The Kier molecular flexibility index (Phi) is 9.36. The molecule has 1 atom stereocenters. The fourth-order valence-corrected chi connectivity index (χ4v) is 4.77. The lowest BCUT2D eigenvalue weighted by Crippen LogP contribution is -2.51. The van der Waals surface area contributed by atoms with E-state index in [2.05, 4.69) is 28.2 Å². The van der Waals surface area contributed by atoms with Crippen molar-refractivity contribution in [2.24, 2.45) is 0 Å². The minimum absolute atomic E-state index is 0.0997. The molecule has 6 heteroatoms. The second-order valence-corrected chi connectivity index (χ2v) is 9.73. The summed E-state index contributed by atoms with van der Waals surface area (Å²) in [6.07, 6.45) is 6.46. The number of hydrogen-bond donors (Lipinski definition) is 1. The summed E-state index contributed by atoms with van der Waals surface area (Å²) in [6.45, 7) is 6.16. The Morgan fingerprint density at radius 1 is 1.15 bits per heavy atom. The lowest BCUT2D eigenvalue weighted by Gasteiger charge is -2.31. The third-order valence-electron chi connectivity index (χ3n) is 6.48. The zero-order valence-corrected chi connectivity index (χ0v) is 21.5.